The number of rotatable bonds is 5. The molecule has 4 rings (SSSR count). The summed E-state index contributed by atoms with van der Waals surface area (Å²) < 4.78 is 20.1. The summed E-state index contributed by atoms with van der Waals surface area (Å²) in [4.78, 5) is 26.9. The number of hydrogen-bond donors (Lipinski definition) is 1. The summed E-state index contributed by atoms with van der Waals surface area (Å²) >= 11 is 0. The largest absolute Gasteiger partial charge is 0.497 e. The van der Waals surface area contributed by atoms with Crippen LogP contribution in [0.15, 0.2) is 24.3 Å². The minimum absolute atomic E-state index is 0.0623. The number of benzene rings is 1. The fourth-order valence-corrected chi connectivity index (χ4v) is 3.80. The van der Waals surface area contributed by atoms with Crippen LogP contribution < -0.4 is 10.1 Å². The number of nitrogens with one attached hydrogen (secondary N) is 1. The summed E-state index contributed by atoms with van der Waals surface area (Å²) in [5.41, 5.74) is -1.32. The number of piperidine rings is 1. The zero-order valence-electron chi connectivity index (χ0n) is 15.1. The summed E-state index contributed by atoms with van der Waals surface area (Å²) in [6.45, 7) is 0.594. The van der Waals surface area contributed by atoms with Crippen molar-refractivity contribution in [3.63, 3.8) is 0 Å². The fourth-order valence-electron chi connectivity index (χ4n) is 3.80. The van der Waals surface area contributed by atoms with Gasteiger partial charge in [0, 0.05) is 32.0 Å². The van der Waals surface area contributed by atoms with Crippen molar-refractivity contribution < 1.29 is 18.7 Å². The van der Waals surface area contributed by atoms with Gasteiger partial charge in [0.2, 0.25) is 5.91 Å². The van der Waals surface area contributed by atoms with Crippen molar-refractivity contribution >= 4 is 11.8 Å². The second-order valence-corrected chi connectivity index (χ2v) is 7.82. The molecule has 0 unspecified atom stereocenters. The highest BCUT2D eigenvalue weighted by Gasteiger charge is 2.54. The van der Waals surface area contributed by atoms with Crippen LogP contribution in [0.1, 0.15) is 44.1 Å². The Morgan fingerprint density at radius 2 is 1.73 bits per heavy atom. The lowest BCUT2D eigenvalue weighted by molar-refractivity contribution is -0.143. The van der Waals surface area contributed by atoms with Gasteiger partial charge in [0.1, 0.15) is 5.75 Å². The number of ether oxygens (including phenoxy) is 1. The lowest BCUT2D eigenvalue weighted by Gasteiger charge is -2.37. The first-order valence-electron chi connectivity index (χ1n) is 9.41. The molecule has 2 aliphatic carbocycles. The maximum atomic E-state index is 14.9. The van der Waals surface area contributed by atoms with Crippen molar-refractivity contribution in [3.05, 3.63) is 29.8 Å². The van der Waals surface area contributed by atoms with E-state index in [1.54, 1.807) is 12.0 Å². The van der Waals surface area contributed by atoms with Gasteiger partial charge in [0.05, 0.1) is 12.5 Å². The van der Waals surface area contributed by atoms with Gasteiger partial charge in [-0.2, -0.15) is 0 Å². The summed E-state index contributed by atoms with van der Waals surface area (Å²) in [5.74, 6) is 0.328. The topological polar surface area (TPSA) is 58.6 Å². The van der Waals surface area contributed by atoms with Crippen LogP contribution in [0.4, 0.5) is 4.39 Å². The third kappa shape index (κ3) is 3.06. The van der Waals surface area contributed by atoms with Gasteiger partial charge in [-0.15, -0.1) is 0 Å². The number of methoxy groups -OCH3 is 1. The van der Waals surface area contributed by atoms with E-state index >= 15 is 0 Å². The van der Waals surface area contributed by atoms with Crippen LogP contribution in [-0.2, 0) is 15.0 Å². The number of nitrogens with zero attached hydrogens (tertiary/aromatic N) is 1. The first-order valence-corrected chi connectivity index (χ1v) is 9.41. The number of carbonyl (C=O) groups is 2. The minimum Gasteiger partial charge on any atom is -0.497 e. The van der Waals surface area contributed by atoms with Gasteiger partial charge in [-0.05, 0) is 43.4 Å². The lowest BCUT2D eigenvalue weighted by Crippen LogP contribution is -2.54. The zero-order chi connectivity index (χ0) is 18.4. The van der Waals surface area contributed by atoms with Crippen LogP contribution in [0.2, 0.25) is 0 Å². The molecule has 0 radical (unpaired) electrons. The molecule has 1 aromatic rings. The average molecular weight is 360 g/mol. The number of hydrogen-bond acceptors (Lipinski definition) is 3. The van der Waals surface area contributed by atoms with Gasteiger partial charge in [0.25, 0.3) is 5.91 Å². The predicted octanol–water partition coefficient (Wildman–Crippen LogP) is 2.34. The summed E-state index contributed by atoms with van der Waals surface area (Å²) in [7, 11) is 1.61. The molecule has 2 saturated carbocycles. The maximum Gasteiger partial charge on any atom is 0.258 e. The second-order valence-electron chi connectivity index (χ2n) is 7.82. The van der Waals surface area contributed by atoms with E-state index in [9.17, 15) is 14.0 Å². The molecule has 0 bridgehead atoms. The van der Waals surface area contributed by atoms with E-state index in [1.807, 2.05) is 24.3 Å². The van der Waals surface area contributed by atoms with E-state index in [0.717, 1.165) is 37.0 Å². The first kappa shape index (κ1) is 17.3. The molecule has 140 valence electrons. The lowest BCUT2D eigenvalue weighted by atomic mass is 9.89. The Morgan fingerprint density at radius 3 is 2.23 bits per heavy atom. The standard InChI is InChI=1S/C20H25FN2O3/c1-26-16-6-2-14(3-7-16)19(8-9-19)18(25)23-12-10-20(21,11-13-23)17(24)22-15-4-5-15/h2-3,6-7,15H,4-5,8-13H2,1H3,(H,22,24). The number of likely N-dealkylation sites (tertiary alicyclic amines) is 1. The van der Waals surface area contributed by atoms with Gasteiger partial charge in [-0.25, -0.2) is 4.39 Å². The van der Waals surface area contributed by atoms with Gasteiger partial charge < -0.3 is 15.0 Å². The monoisotopic (exact) mass is 360 g/mol. The van der Waals surface area contributed by atoms with Gasteiger partial charge in [0.15, 0.2) is 5.67 Å². The highest BCUT2D eigenvalue weighted by Crippen LogP contribution is 2.50. The number of carbonyl (C=O) groups excluding carboxylic acids is 2. The Labute approximate surface area is 152 Å². The van der Waals surface area contributed by atoms with Gasteiger partial charge in [-0.1, -0.05) is 12.1 Å². The smallest absolute Gasteiger partial charge is 0.258 e. The van der Waals surface area contributed by atoms with Crippen LogP contribution in [0.25, 0.3) is 0 Å². The molecule has 26 heavy (non-hydrogen) atoms. The molecule has 0 atom stereocenters. The zero-order valence-corrected chi connectivity index (χ0v) is 15.1. The van der Waals surface area contributed by atoms with Crippen LogP contribution >= 0.6 is 0 Å². The van der Waals surface area contributed by atoms with Gasteiger partial charge >= 0.3 is 0 Å². The summed E-state index contributed by atoms with van der Waals surface area (Å²) in [5, 5.41) is 2.76. The van der Waals surface area contributed by atoms with Crippen molar-refractivity contribution in [1.82, 2.24) is 10.2 Å². The normalized spacial score (nSPS) is 23.2. The van der Waals surface area contributed by atoms with E-state index in [2.05, 4.69) is 5.32 Å². The van der Waals surface area contributed by atoms with E-state index < -0.39 is 17.0 Å². The third-order valence-corrected chi connectivity index (χ3v) is 5.96. The quantitative estimate of drug-likeness (QED) is 0.877. The van der Waals surface area contributed by atoms with E-state index in [1.165, 1.54) is 0 Å². The Bertz CT molecular complexity index is 702. The number of halogens is 1. The SMILES string of the molecule is COc1ccc(C2(C(=O)N3CCC(F)(C(=O)NC4CC4)CC3)CC2)cc1. The van der Waals surface area contributed by atoms with Crippen LogP contribution in [-0.4, -0.2) is 48.6 Å². The molecule has 1 heterocycles. The Kier molecular flexibility index (Phi) is 4.16. The van der Waals surface area contributed by atoms with Crippen LogP contribution in [0, 0.1) is 0 Å². The van der Waals surface area contributed by atoms with Crippen molar-refractivity contribution in [3.8, 4) is 5.75 Å². The molecular weight excluding hydrogens is 335 g/mol. The number of amides is 2. The number of alkyl halides is 1. The molecule has 6 heteroatoms. The third-order valence-electron chi connectivity index (χ3n) is 5.96. The molecule has 3 fully saturated rings. The summed E-state index contributed by atoms with van der Waals surface area (Å²) in [6, 6.07) is 7.77. The molecule has 3 aliphatic rings. The van der Waals surface area contributed by atoms with Crippen molar-refractivity contribution in [2.45, 2.75) is 55.7 Å². The van der Waals surface area contributed by atoms with Crippen molar-refractivity contribution in [1.29, 1.82) is 0 Å². The van der Waals surface area contributed by atoms with E-state index in [0.29, 0.717) is 13.1 Å². The Balaban J connectivity index is 1.40. The predicted molar refractivity (Wildman–Crippen MR) is 94.7 cm³/mol. The Morgan fingerprint density at radius 1 is 1.12 bits per heavy atom. The first-order chi connectivity index (χ1) is 12.5. The second kappa shape index (κ2) is 6.25. The van der Waals surface area contributed by atoms with E-state index in [4.69, 9.17) is 4.74 Å². The molecular formula is C20H25FN2O3. The van der Waals surface area contributed by atoms with Crippen LogP contribution in [0.5, 0.6) is 5.75 Å². The average Bonchev–Trinajstić information content (AvgIpc) is 3.57. The van der Waals surface area contributed by atoms with E-state index in [-0.39, 0.29) is 24.8 Å². The molecule has 0 spiro atoms. The maximum absolute atomic E-state index is 14.9. The molecule has 5 nitrogen and oxygen atoms in total. The molecule has 1 N–H and O–H groups in total. The fraction of sp³-hybridized carbons (Fsp3) is 0.600. The highest BCUT2D eigenvalue weighted by molar-refractivity contribution is 5.92. The van der Waals surface area contributed by atoms with Gasteiger partial charge in [-0.3, -0.25) is 9.59 Å². The Hall–Kier alpha value is -2.11. The minimum atomic E-state index is -1.84. The van der Waals surface area contributed by atoms with Crippen molar-refractivity contribution in [2.75, 3.05) is 20.2 Å². The molecule has 1 aromatic carbocycles. The highest BCUT2D eigenvalue weighted by atomic mass is 19.1. The molecule has 1 aliphatic heterocycles. The molecule has 2 amide bonds. The van der Waals surface area contributed by atoms with Crippen molar-refractivity contribution in [2.24, 2.45) is 0 Å². The molecule has 1 saturated heterocycles. The van der Waals surface area contributed by atoms with Crippen LogP contribution in [0.3, 0.4) is 0 Å². The molecule has 0 aromatic heterocycles. The summed E-state index contributed by atoms with van der Waals surface area (Å²) in [6.07, 6.45) is 3.68.